The molecule has 1 aromatic heterocycles. The number of hydrogen-bond donors (Lipinski definition) is 1. The number of rotatable bonds is 1. The average molecular weight is 183 g/mol. The average Bonchev–Trinajstić information content (AvgIpc) is 1.81. The topological polar surface area (TPSA) is 68.9 Å². The van der Waals surface area contributed by atoms with Gasteiger partial charge in [-0.2, -0.15) is 0 Å². The van der Waals surface area contributed by atoms with Gasteiger partial charge in [0.2, 0.25) is 5.95 Å². The van der Waals surface area contributed by atoms with Gasteiger partial charge in [0.25, 0.3) is 0 Å². The maximum atomic E-state index is 10.7. The summed E-state index contributed by atoms with van der Waals surface area (Å²) in [7, 11) is 0. The van der Waals surface area contributed by atoms with Gasteiger partial charge in [0.1, 0.15) is 5.03 Å². The number of anilines is 1. The Morgan fingerprint density at radius 1 is 1.58 bits per heavy atom. The fourth-order valence-electron chi connectivity index (χ4n) is 0.761. The summed E-state index contributed by atoms with van der Waals surface area (Å²) in [5.74, 6) is 0.207. The van der Waals surface area contributed by atoms with Crippen LogP contribution in [0.25, 0.3) is 0 Å². The highest BCUT2D eigenvalue weighted by molar-refractivity contribution is 8.13. The summed E-state index contributed by atoms with van der Waals surface area (Å²) in [6.45, 7) is 3.29. The van der Waals surface area contributed by atoms with Crippen LogP contribution < -0.4 is 5.73 Å². The van der Waals surface area contributed by atoms with Crippen molar-refractivity contribution in [3.05, 3.63) is 11.8 Å². The highest BCUT2D eigenvalue weighted by Crippen LogP contribution is 2.16. The summed E-state index contributed by atoms with van der Waals surface area (Å²) in [6, 6.07) is 1.72. The molecule has 0 saturated heterocycles. The van der Waals surface area contributed by atoms with Crippen LogP contribution in [0, 0.1) is 6.92 Å². The number of hydrogen-bond acceptors (Lipinski definition) is 5. The van der Waals surface area contributed by atoms with Crippen molar-refractivity contribution in [1.29, 1.82) is 0 Å². The first-order valence-corrected chi connectivity index (χ1v) is 4.19. The third-order valence-electron chi connectivity index (χ3n) is 1.10. The van der Waals surface area contributed by atoms with Crippen LogP contribution in [0.2, 0.25) is 0 Å². The Morgan fingerprint density at radius 2 is 2.25 bits per heavy atom. The summed E-state index contributed by atoms with van der Waals surface area (Å²) >= 11 is 1.06. The summed E-state index contributed by atoms with van der Waals surface area (Å²) in [5.41, 5.74) is 6.16. The lowest BCUT2D eigenvalue weighted by atomic mass is 10.5. The SMILES string of the molecule is CC(=O)Sc1cc(C)nc(N)n1. The van der Waals surface area contributed by atoms with E-state index in [2.05, 4.69) is 9.97 Å². The monoisotopic (exact) mass is 183 g/mol. The number of aryl methyl sites for hydroxylation is 1. The van der Waals surface area contributed by atoms with E-state index in [1.165, 1.54) is 6.92 Å². The fraction of sp³-hybridized carbons (Fsp3) is 0.286. The molecule has 0 radical (unpaired) electrons. The molecule has 64 valence electrons. The van der Waals surface area contributed by atoms with Crippen LogP contribution in [-0.2, 0) is 4.79 Å². The van der Waals surface area contributed by atoms with Crippen molar-refractivity contribution in [1.82, 2.24) is 9.97 Å². The van der Waals surface area contributed by atoms with Crippen LogP contribution in [0.5, 0.6) is 0 Å². The van der Waals surface area contributed by atoms with Crippen molar-refractivity contribution in [2.75, 3.05) is 5.73 Å². The third kappa shape index (κ3) is 2.50. The molecule has 0 fully saturated rings. The van der Waals surface area contributed by atoms with Crippen LogP contribution in [0.4, 0.5) is 5.95 Å². The molecule has 1 rings (SSSR count). The molecule has 2 N–H and O–H groups in total. The Hall–Kier alpha value is -1.10. The lowest BCUT2D eigenvalue weighted by molar-refractivity contribution is -0.109. The van der Waals surface area contributed by atoms with Gasteiger partial charge in [0, 0.05) is 12.6 Å². The van der Waals surface area contributed by atoms with Crippen LogP contribution in [-0.4, -0.2) is 15.1 Å². The maximum Gasteiger partial charge on any atom is 0.221 e. The number of carbonyl (C=O) groups is 1. The van der Waals surface area contributed by atoms with Crippen molar-refractivity contribution in [3.8, 4) is 0 Å². The van der Waals surface area contributed by atoms with Crippen molar-refractivity contribution in [2.24, 2.45) is 0 Å². The van der Waals surface area contributed by atoms with E-state index in [4.69, 9.17) is 5.73 Å². The normalized spacial score (nSPS) is 9.83. The number of nitrogens with two attached hydrogens (primary N) is 1. The van der Waals surface area contributed by atoms with Crippen LogP contribution in [0.1, 0.15) is 12.6 Å². The summed E-state index contributed by atoms with van der Waals surface area (Å²) in [6.07, 6.45) is 0. The quantitative estimate of drug-likeness (QED) is 0.519. The number of thioether (sulfide) groups is 1. The zero-order chi connectivity index (χ0) is 9.14. The largest absolute Gasteiger partial charge is 0.368 e. The molecule has 1 aromatic rings. The molecule has 0 amide bonds. The van der Waals surface area contributed by atoms with Gasteiger partial charge >= 0.3 is 0 Å². The van der Waals surface area contributed by atoms with Crippen LogP contribution in [0.15, 0.2) is 11.1 Å². The number of carbonyl (C=O) groups excluding carboxylic acids is 1. The van der Waals surface area contributed by atoms with Gasteiger partial charge in [-0.1, -0.05) is 0 Å². The zero-order valence-electron chi connectivity index (χ0n) is 6.87. The first kappa shape index (κ1) is 8.99. The molecule has 0 bridgehead atoms. The van der Waals surface area contributed by atoms with E-state index in [0.717, 1.165) is 17.5 Å². The summed E-state index contributed by atoms with van der Waals surface area (Å²) in [5, 5.41) is 0.597. The van der Waals surface area contributed by atoms with E-state index in [1.807, 2.05) is 6.92 Å². The minimum atomic E-state index is -0.00694. The lowest BCUT2D eigenvalue weighted by Gasteiger charge is -1.98. The number of nitrogens with zero attached hydrogens (tertiary/aromatic N) is 2. The summed E-state index contributed by atoms with van der Waals surface area (Å²) in [4.78, 5) is 18.5. The molecule has 0 spiro atoms. The first-order chi connectivity index (χ1) is 5.58. The second-order valence-corrected chi connectivity index (χ2v) is 3.50. The van der Waals surface area contributed by atoms with E-state index in [-0.39, 0.29) is 11.1 Å². The van der Waals surface area contributed by atoms with Gasteiger partial charge in [-0.3, -0.25) is 4.79 Å². The predicted molar refractivity (Wildman–Crippen MR) is 47.7 cm³/mol. The molecule has 0 atom stereocenters. The number of nitrogen functional groups attached to an aromatic ring is 1. The molecule has 0 saturated carbocycles. The third-order valence-corrected chi connectivity index (χ3v) is 1.80. The van der Waals surface area contributed by atoms with Gasteiger partial charge in [0.15, 0.2) is 5.12 Å². The molecule has 1 heterocycles. The molecule has 0 aromatic carbocycles. The Labute approximate surface area is 74.6 Å². The van der Waals surface area contributed by atoms with Crippen molar-refractivity contribution in [3.63, 3.8) is 0 Å². The van der Waals surface area contributed by atoms with E-state index < -0.39 is 0 Å². The number of aromatic nitrogens is 2. The Kier molecular flexibility index (Phi) is 2.65. The Bertz CT molecular complexity index is 293. The van der Waals surface area contributed by atoms with Crippen LogP contribution in [0.3, 0.4) is 0 Å². The first-order valence-electron chi connectivity index (χ1n) is 3.37. The van der Waals surface area contributed by atoms with Crippen LogP contribution >= 0.6 is 11.8 Å². The molecule has 0 aliphatic carbocycles. The molecular formula is C7H9N3OS. The Morgan fingerprint density at radius 3 is 2.75 bits per heavy atom. The second-order valence-electron chi connectivity index (χ2n) is 2.30. The standard InChI is InChI=1S/C7H9N3OS/c1-4-3-6(12-5(2)11)10-7(8)9-4/h3H,1-2H3,(H2,8,9,10). The highest BCUT2D eigenvalue weighted by atomic mass is 32.2. The van der Waals surface area contributed by atoms with Crippen molar-refractivity contribution < 1.29 is 4.79 Å². The highest BCUT2D eigenvalue weighted by Gasteiger charge is 2.02. The van der Waals surface area contributed by atoms with Crippen molar-refractivity contribution in [2.45, 2.75) is 18.9 Å². The van der Waals surface area contributed by atoms with E-state index in [9.17, 15) is 4.79 Å². The van der Waals surface area contributed by atoms with E-state index >= 15 is 0 Å². The molecule has 0 aliphatic heterocycles. The lowest BCUT2D eigenvalue weighted by Crippen LogP contribution is -1.98. The zero-order valence-corrected chi connectivity index (χ0v) is 7.68. The minimum absolute atomic E-state index is 0.00694. The second kappa shape index (κ2) is 3.53. The fourth-order valence-corrected chi connectivity index (χ4v) is 1.42. The molecule has 0 aliphatic rings. The van der Waals surface area contributed by atoms with E-state index in [1.54, 1.807) is 6.07 Å². The molecule has 0 unspecified atom stereocenters. The van der Waals surface area contributed by atoms with Gasteiger partial charge in [-0.05, 0) is 24.8 Å². The predicted octanol–water partition coefficient (Wildman–Crippen LogP) is 1.01. The van der Waals surface area contributed by atoms with Gasteiger partial charge in [-0.25, -0.2) is 9.97 Å². The van der Waals surface area contributed by atoms with Crippen molar-refractivity contribution >= 4 is 22.8 Å². The van der Waals surface area contributed by atoms with Gasteiger partial charge in [0.05, 0.1) is 0 Å². The van der Waals surface area contributed by atoms with Gasteiger partial charge in [-0.15, -0.1) is 0 Å². The maximum absolute atomic E-state index is 10.7. The molecule has 12 heavy (non-hydrogen) atoms. The Balaban J connectivity index is 2.93. The molecular weight excluding hydrogens is 174 g/mol. The minimum Gasteiger partial charge on any atom is -0.368 e. The molecule has 5 heteroatoms. The van der Waals surface area contributed by atoms with E-state index in [0.29, 0.717) is 5.03 Å². The molecule has 4 nitrogen and oxygen atoms in total. The smallest absolute Gasteiger partial charge is 0.221 e. The van der Waals surface area contributed by atoms with Gasteiger partial charge < -0.3 is 5.73 Å². The summed E-state index contributed by atoms with van der Waals surface area (Å²) < 4.78 is 0.